The zero-order chi connectivity index (χ0) is 13.2. The van der Waals surface area contributed by atoms with Gasteiger partial charge in [-0.1, -0.05) is 0 Å². The molecule has 1 aliphatic rings. The monoisotopic (exact) mass is 263 g/mol. The molecule has 0 atom stereocenters. The lowest BCUT2D eigenvalue weighted by atomic mass is 10.2. The molecule has 0 bridgehead atoms. The van der Waals surface area contributed by atoms with Gasteiger partial charge < -0.3 is 5.32 Å². The second-order valence-corrected chi connectivity index (χ2v) is 5.62. The largest absolute Gasteiger partial charge is 0.378 e. The van der Waals surface area contributed by atoms with Gasteiger partial charge in [0.05, 0.1) is 16.6 Å². The number of hydrogen-bond donors (Lipinski definition) is 1. The fourth-order valence-corrected chi connectivity index (χ4v) is 2.48. The molecule has 94 valence electrons. The summed E-state index contributed by atoms with van der Waals surface area (Å²) in [7, 11) is 0. The van der Waals surface area contributed by atoms with Crippen LogP contribution in [0.2, 0.25) is 0 Å². The Kier molecular flexibility index (Phi) is 3.43. The quantitative estimate of drug-likeness (QED) is 0.652. The maximum Gasteiger partial charge on any atom is 0.293 e. The molecule has 0 amide bonds. The second kappa shape index (κ2) is 4.86. The molecule has 5 nitrogen and oxygen atoms in total. The molecule has 0 heterocycles. The SMILES string of the molecule is CSC1(CNc2ccc(C#N)cc2[N+](=O)[O-])CC1. The van der Waals surface area contributed by atoms with Crippen LogP contribution in [0.25, 0.3) is 0 Å². The summed E-state index contributed by atoms with van der Waals surface area (Å²) < 4.78 is 0.238. The molecule has 1 N–H and O–H groups in total. The molecule has 0 saturated heterocycles. The molecule has 0 aliphatic heterocycles. The molecule has 0 aromatic heterocycles. The lowest BCUT2D eigenvalue weighted by Gasteiger charge is -2.14. The molecule has 6 heteroatoms. The van der Waals surface area contributed by atoms with Gasteiger partial charge in [0.25, 0.3) is 5.69 Å². The first-order valence-electron chi connectivity index (χ1n) is 5.58. The molecule has 0 radical (unpaired) electrons. The summed E-state index contributed by atoms with van der Waals surface area (Å²) in [5.41, 5.74) is 0.753. The average molecular weight is 263 g/mol. The third-order valence-corrected chi connectivity index (χ3v) is 4.58. The second-order valence-electron chi connectivity index (χ2n) is 4.34. The maximum absolute atomic E-state index is 11.0. The average Bonchev–Trinajstić information content (AvgIpc) is 3.16. The van der Waals surface area contributed by atoms with Crippen molar-refractivity contribution < 1.29 is 4.92 Å². The van der Waals surface area contributed by atoms with Crippen molar-refractivity contribution in [3.8, 4) is 6.07 Å². The molecule has 2 rings (SSSR count). The van der Waals surface area contributed by atoms with Gasteiger partial charge in [-0.25, -0.2) is 0 Å². The summed E-state index contributed by atoms with van der Waals surface area (Å²) in [6, 6.07) is 6.41. The van der Waals surface area contributed by atoms with Crippen molar-refractivity contribution in [1.29, 1.82) is 5.26 Å². The Hall–Kier alpha value is -1.74. The van der Waals surface area contributed by atoms with E-state index in [0.29, 0.717) is 11.3 Å². The molecular formula is C12H13N3O2S. The van der Waals surface area contributed by atoms with E-state index in [1.54, 1.807) is 23.9 Å². The van der Waals surface area contributed by atoms with Crippen LogP contribution in [-0.2, 0) is 0 Å². The Morgan fingerprint density at radius 1 is 1.61 bits per heavy atom. The van der Waals surface area contributed by atoms with E-state index in [9.17, 15) is 10.1 Å². The lowest BCUT2D eigenvalue weighted by molar-refractivity contribution is -0.384. The highest BCUT2D eigenvalue weighted by molar-refractivity contribution is 8.00. The summed E-state index contributed by atoms with van der Waals surface area (Å²) in [6.07, 6.45) is 4.35. The molecule has 1 aromatic rings. The van der Waals surface area contributed by atoms with Crippen molar-refractivity contribution in [2.45, 2.75) is 17.6 Å². The van der Waals surface area contributed by atoms with Crippen molar-refractivity contribution in [3.63, 3.8) is 0 Å². The van der Waals surface area contributed by atoms with Gasteiger partial charge in [0.15, 0.2) is 0 Å². The van der Waals surface area contributed by atoms with Crippen molar-refractivity contribution >= 4 is 23.1 Å². The van der Waals surface area contributed by atoms with E-state index in [2.05, 4.69) is 11.6 Å². The summed E-state index contributed by atoms with van der Waals surface area (Å²) in [6.45, 7) is 0.723. The highest BCUT2D eigenvalue weighted by Gasteiger charge is 2.41. The van der Waals surface area contributed by atoms with Gasteiger partial charge in [-0.3, -0.25) is 10.1 Å². The molecule has 18 heavy (non-hydrogen) atoms. The fourth-order valence-electron chi connectivity index (χ4n) is 1.75. The Balaban J connectivity index is 2.17. The van der Waals surface area contributed by atoms with Crippen molar-refractivity contribution in [3.05, 3.63) is 33.9 Å². The van der Waals surface area contributed by atoms with Crippen LogP contribution < -0.4 is 5.32 Å². The minimum atomic E-state index is -0.457. The van der Waals surface area contributed by atoms with E-state index < -0.39 is 4.92 Å². The fraction of sp³-hybridized carbons (Fsp3) is 0.417. The highest BCUT2D eigenvalue weighted by Crippen LogP contribution is 2.47. The first kappa shape index (κ1) is 12.7. The van der Waals surface area contributed by atoms with Crippen LogP contribution in [0.1, 0.15) is 18.4 Å². The zero-order valence-electron chi connectivity index (χ0n) is 9.97. The molecule has 1 fully saturated rings. The predicted molar refractivity (Wildman–Crippen MR) is 71.8 cm³/mol. The summed E-state index contributed by atoms with van der Waals surface area (Å²) in [5.74, 6) is 0. The van der Waals surface area contributed by atoms with Crippen LogP contribution in [0.15, 0.2) is 18.2 Å². The topological polar surface area (TPSA) is 79.0 Å². The minimum Gasteiger partial charge on any atom is -0.378 e. The van der Waals surface area contributed by atoms with Gasteiger partial charge in [-0.05, 0) is 31.2 Å². The van der Waals surface area contributed by atoms with Gasteiger partial charge in [0, 0.05) is 17.4 Å². The molecule has 0 unspecified atom stereocenters. The highest BCUT2D eigenvalue weighted by atomic mass is 32.2. The first-order valence-corrected chi connectivity index (χ1v) is 6.80. The third-order valence-electron chi connectivity index (χ3n) is 3.17. The number of nitro benzene ring substituents is 1. The summed E-state index contributed by atoms with van der Waals surface area (Å²) in [5, 5.41) is 22.8. The van der Waals surface area contributed by atoms with Crippen molar-refractivity contribution in [2.24, 2.45) is 0 Å². The van der Waals surface area contributed by atoms with Crippen molar-refractivity contribution in [2.75, 3.05) is 18.1 Å². The normalized spacial score (nSPS) is 15.8. The van der Waals surface area contributed by atoms with Crippen LogP contribution >= 0.6 is 11.8 Å². The smallest absolute Gasteiger partial charge is 0.293 e. The number of anilines is 1. The van der Waals surface area contributed by atoms with Gasteiger partial charge in [0.1, 0.15) is 5.69 Å². The zero-order valence-corrected chi connectivity index (χ0v) is 10.8. The third kappa shape index (κ3) is 2.57. The van der Waals surface area contributed by atoms with Gasteiger partial charge in [-0.2, -0.15) is 17.0 Å². The van der Waals surface area contributed by atoms with Crippen molar-refractivity contribution in [1.82, 2.24) is 0 Å². The molecule has 0 spiro atoms. The number of benzene rings is 1. The lowest BCUT2D eigenvalue weighted by Crippen LogP contribution is -2.18. The minimum absolute atomic E-state index is 0.0362. The van der Waals surface area contributed by atoms with E-state index in [4.69, 9.17) is 5.26 Å². The molecule has 1 saturated carbocycles. The maximum atomic E-state index is 11.0. The Morgan fingerprint density at radius 3 is 2.83 bits per heavy atom. The Labute approximate surface area is 109 Å². The van der Waals surface area contributed by atoms with Gasteiger partial charge in [0.2, 0.25) is 0 Å². The number of nitrogens with one attached hydrogen (secondary N) is 1. The number of hydrogen-bond acceptors (Lipinski definition) is 5. The van der Waals surface area contributed by atoms with E-state index >= 15 is 0 Å². The molecular weight excluding hydrogens is 250 g/mol. The van der Waals surface area contributed by atoms with Gasteiger partial charge >= 0.3 is 0 Å². The van der Waals surface area contributed by atoms with Crippen LogP contribution in [0, 0.1) is 21.4 Å². The molecule has 1 aliphatic carbocycles. The van der Waals surface area contributed by atoms with Gasteiger partial charge in [-0.15, -0.1) is 0 Å². The first-order chi connectivity index (χ1) is 8.60. The Morgan fingerprint density at radius 2 is 2.33 bits per heavy atom. The number of nitriles is 1. The van der Waals surface area contributed by atoms with Crippen LogP contribution in [-0.4, -0.2) is 22.5 Å². The van der Waals surface area contributed by atoms with Crippen LogP contribution in [0.4, 0.5) is 11.4 Å². The molecule has 1 aromatic carbocycles. The van der Waals surface area contributed by atoms with E-state index in [1.165, 1.54) is 6.07 Å². The predicted octanol–water partition coefficient (Wildman–Crippen LogP) is 2.77. The number of thioether (sulfide) groups is 1. The Bertz CT molecular complexity index is 521. The standard InChI is InChI=1S/C12H13N3O2S/c1-18-12(4-5-12)8-14-10-3-2-9(7-13)6-11(10)15(16)17/h2-3,6,14H,4-5,8H2,1H3. The van der Waals surface area contributed by atoms with E-state index in [0.717, 1.165) is 19.4 Å². The van der Waals surface area contributed by atoms with E-state index in [1.807, 2.05) is 6.07 Å². The number of nitro groups is 1. The number of nitrogens with zero attached hydrogens (tertiary/aromatic N) is 2. The van der Waals surface area contributed by atoms with Crippen LogP contribution in [0.5, 0.6) is 0 Å². The summed E-state index contributed by atoms with van der Waals surface area (Å²) >= 11 is 1.79. The summed E-state index contributed by atoms with van der Waals surface area (Å²) in [4.78, 5) is 10.5. The van der Waals surface area contributed by atoms with Crippen LogP contribution in [0.3, 0.4) is 0 Å². The number of rotatable bonds is 5. The van der Waals surface area contributed by atoms with E-state index in [-0.39, 0.29) is 10.4 Å².